The Bertz CT molecular complexity index is 335. The van der Waals surface area contributed by atoms with E-state index in [1.807, 2.05) is 0 Å². The predicted octanol–water partition coefficient (Wildman–Crippen LogP) is 1.58. The third-order valence-corrected chi connectivity index (χ3v) is 4.91. The van der Waals surface area contributed by atoms with Gasteiger partial charge in [-0.1, -0.05) is 12.8 Å². The van der Waals surface area contributed by atoms with Crippen molar-refractivity contribution in [3.63, 3.8) is 0 Å². The van der Waals surface area contributed by atoms with Gasteiger partial charge in [-0.05, 0) is 39.2 Å². The Balaban J connectivity index is 1.71. The first-order valence-corrected chi connectivity index (χ1v) is 8.37. The van der Waals surface area contributed by atoms with Gasteiger partial charge in [0.25, 0.3) is 0 Å². The van der Waals surface area contributed by atoms with Gasteiger partial charge in [0.05, 0.1) is 18.6 Å². The molecule has 1 aliphatic carbocycles. The van der Waals surface area contributed by atoms with Gasteiger partial charge in [-0.15, -0.1) is 0 Å². The molecule has 21 heavy (non-hydrogen) atoms. The van der Waals surface area contributed by atoms with Crippen molar-refractivity contribution < 1.29 is 14.6 Å². The van der Waals surface area contributed by atoms with E-state index in [9.17, 15) is 9.90 Å². The van der Waals surface area contributed by atoms with Crippen molar-refractivity contribution in [1.82, 2.24) is 10.2 Å². The van der Waals surface area contributed by atoms with Crippen LogP contribution in [0.3, 0.4) is 0 Å². The molecule has 0 amide bonds. The standard InChI is InChI=1S/C16H30N2O3/c1-12(2)18-7-8-21-14(11-18)10-17-9-13-5-3-4-6-15(13)16(19)20/h12-15,17H,3-11H2,1-2H3,(H,19,20). The van der Waals surface area contributed by atoms with Crippen molar-refractivity contribution in [2.45, 2.75) is 51.7 Å². The van der Waals surface area contributed by atoms with Gasteiger partial charge < -0.3 is 15.2 Å². The van der Waals surface area contributed by atoms with Crippen LogP contribution in [0.2, 0.25) is 0 Å². The lowest BCUT2D eigenvalue weighted by molar-refractivity contribution is -0.144. The molecule has 5 heteroatoms. The zero-order chi connectivity index (χ0) is 15.2. The number of aliphatic carboxylic acids is 1. The second kappa shape index (κ2) is 8.11. The Labute approximate surface area is 128 Å². The van der Waals surface area contributed by atoms with Crippen LogP contribution < -0.4 is 5.32 Å². The monoisotopic (exact) mass is 298 g/mol. The summed E-state index contributed by atoms with van der Waals surface area (Å²) in [5.74, 6) is -0.506. The molecule has 1 heterocycles. The fourth-order valence-electron chi connectivity index (χ4n) is 3.54. The number of nitrogens with one attached hydrogen (secondary N) is 1. The van der Waals surface area contributed by atoms with E-state index in [0.717, 1.165) is 58.5 Å². The van der Waals surface area contributed by atoms with Crippen molar-refractivity contribution in [1.29, 1.82) is 0 Å². The summed E-state index contributed by atoms with van der Waals surface area (Å²) in [7, 11) is 0. The number of rotatable bonds is 6. The first-order chi connectivity index (χ1) is 10.1. The molecule has 0 aromatic rings. The molecule has 0 bridgehead atoms. The van der Waals surface area contributed by atoms with Gasteiger partial charge in [-0.3, -0.25) is 9.69 Å². The molecule has 0 aromatic heterocycles. The summed E-state index contributed by atoms with van der Waals surface area (Å²) in [4.78, 5) is 13.7. The summed E-state index contributed by atoms with van der Waals surface area (Å²) < 4.78 is 5.80. The molecule has 122 valence electrons. The van der Waals surface area contributed by atoms with Crippen LogP contribution in [0.5, 0.6) is 0 Å². The lowest BCUT2D eigenvalue weighted by atomic mass is 9.79. The number of hydrogen-bond donors (Lipinski definition) is 2. The van der Waals surface area contributed by atoms with Crippen molar-refractivity contribution in [3.05, 3.63) is 0 Å². The second-order valence-electron chi connectivity index (χ2n) is 6.73. The third kappa shape index (κ3) is 4.94. The fraction of sp³-hybridized carbons (Fsp3) is 0.938. The number of carboxylic acid groups (broad SMARTS) is 1. The number of hydrogen-bond acceptors (Lipinski definition) is 4. The molecule has 1 aliphatic heterocycles. The zero-order valence-corrected chi connectivity index (χ0v) is 13.4. The van der Waals surface area contributed by atoms with Crippen molar-refractivity contribution >= 4 is 5.97 Å². The average Bonchev–Trinajstić information content (AvgIpc) is 2.48. The summed E-state index contributed by atoms with van der Waals surface area (Å²) in [6, 6.07) is 0.561. The van der Waals surface area contributed by atoms with Crippen LogP contribution in [0.1, 0.15) is 39.5 Å². The number of carboxylic acids is 1. The van der Waals surface area contributed by atoms with Gasteiger partial charge in [-0.2, -0.15) is 0 Å². The molecule has 1 saturated heterocycles. The van der Waals surface area contributed by atoms with Crippen LogP contribution in [0, 0.1) is 11.8 Å². The van der Waals surface area contributed by atoms with Gasteiger partial charge in [0.2, 0.25) is 0 Å². The summed E-state index contributed by atoms with van der Waals surface area (Å²) in [6.45, 7) is 8.84. The maximum Gasteiger partial charge on any atom is 0.306 e. The summed E-state index contributed by atoms with van der Waals surface area (Å²) in [5.41, 5.74) is 0. The lowest BCUT2D eigenvalue weighted by Crippen LogP contribution is -2.49. The van der Waals surface area contributed by atoms with Gasteiger partial charge in [0.1, 0.15) is 0 Å². The van der Waals surface area contributed by atoms with Crippen LogP contribution in [-0.4, -0.2) is 60.9 Å². The molecule has 3 atom stereocenters. The first kappa shape index (κ1) is 16.7. The largest absolute Gasteiger partial charge is 0.481 e. The zero-order valence-electron chi connectivity index (χ0n) is 13.4. The normalized spacial score (nSPS) is 31.5. The summed E-state index contributed by atoms with van der Waals surface area (Å²) in [5, 5.41) is 12.7. The number of ether oxygens (including phenoxy) is 1. The highest BCUT2D eigenvalue weighted by Gasteiger charge is 2.30. The van der Waals surface area contributed by atoms with Gasteiger partial charge in [0, 0.05) is 25.7 Å². The highest BCUT2D eigenvalue weighted by molar-refractivity contribution is 5.70. The van der Waals surface area contributed by atoms with Crippen LogP contribution in [0.25, 0.3) is 0 Å². The molecule has 0 aromatic carbocycles. The van der Waals surface area contributed by atoms with E-state index < -0.39 is 5.97 Å². The third-order valence-electron chi connectivity index (χ3n) is 4.91. The highest BCUT2D eigenvalue weighted by Crippen LogP contribution is 2.29. The molecule has 5 nitrogen and oxygen atoms in total. The second-order valence-corrected chi connectivity index (χ2v) is 6.73. The van der Waals surface area contributed by atoms with Gasteiger partial charge in [-0.25, -0.2) is 0 Å². The van der Waals surface area contributed by atoms with Crippen LogP contribution in [0.4, 0.5) is 0 Å². The predicted molar refractivity (Wildman–Crippen MR) is 82.4 cm³/mol. The Hall–Kier alpha value is -0.650. The Morgan fingerprint density at radius 3 is 2.81 bits per heavy atom. The van der Waals surface area contributed by atoms with E-state index in [1.165, 1.54) is 0 Å². The molecule has 3 unspecified atom stereocenters. The van der Waals surface area contributed by atoms with E-state index in [-0.39, 0.29) is 17.9 Å². The Kier molecular flexibility index (Phi) is 6.45. The molecule has 1 saturated carbocycles. The molecular formula is C16H30N2O3. The van der Waals surface area contributed by atoms with Gasteiger partial charge >= 0.3 is 5.97 Å². The van der Waals surface area contributed by atoms with E-state index in [2.05, 4.69) is 24.1 Å². The van der Waals surface area contributed by atoms with Crippen molar-refractivity contribution in [2.75, 3.05) is 32.8 Å². The molecule has 2 N–H and O–H groups in total. The summed E-state index contributed by atoms with van der Waals surface area (Å²) in [6.07, 6.45) is 4.32. The topological polar surface area (TPSA) is 61.8 Å². The average molecular weight is 298 g/mol. The smallest absolute Gasteiger partial charge is 0.306 e. The molecule has 0 spiro atoms. The highest BCUT2D eigenvalue weighted by atomic mass is 16.5. The SMILES string of the molecule is CC(C)N1CCOC(CNCC2CCCCC2C(=O)O)C1. The van der Waals surface area contributed by atoms with Crippen LogP contribution in [0.15, 0.2) is 0 Å². The minimum atomic E-state index is -0.624. The van der Waals surface area contributed by atoms with E-state index in [1.54, 1.807) is 0 Å². The first-order valence-electron chi connectivity index (χ1n) is 8.37. The van der Waals surface area contributed by atoms with E-state index >= 15 is 0 Å². The maximum absolute atomic E-state index is 11.3. The maximum atomic E-state index is 11.3. The molecule has 2 rings (SSSR count). The van der Waals surface area contributed by atoms with Crippen molar-refractivity contribution in [3.8, 4) is 0 Å². The summed E-state index contributed by atoms with van der Waals surface area (Å²) >= 11 is 0. The van der Waals surface area contributed by atoms with Gasteiger partial charge in [0.15, 0.2) is 0 Å². The minimum absolute atomic E-state index is 0.161. The van der Waals surface area contributed by atoms with Crippen molar-refractivity contribution in [2.24, 2.45) is 11.8 Å². The molecule has 2 fully saturated rings. The molecule has 2 aliphatic rings. The quantitative estimate of drug-likeness (QED) is 0.779. The van der Waals surface area contributed by atoms with E-state index in [0.29, 0.717) is 6.04 Å². The lowest BCUT2D eigenvalue weighted by Gasteiger charge is -2.36. The minimum Gasteiger partial charge on any atom is -0.481 e. The fourth-order valence-corrected chi connectivity index (χ4v) is 3.54. The molecular weight excluding hydrogens is 268 g/mol. The number of morpholine rings is 1. The number of carbonyl (C=O) groups is 1. The Morgan fingerprint density at radius 2 is 2.10 bits per heavy atom. The van der Waals surface area contributed by atoms with E-state index in [4.69, 9.17) is 4.74 Å². The van der Waals surface area contributed by atoms with Crippen LogP contribution in [-0.2, 0) is 9.53 Å². The Morgan fingerprint density at radius 1 is 1.33 bits per heavy atom. The number of nitrogens with zero attached hydrogens (tertiary/aromatic N) is 1. The van der Waals surface area contributed by atoms with Crippen LogP contribution >= 0.6 is 0 Å². The molecule has 0 radical (unpaired) electrons.